The van der Waals surface area contributed by atoms with Crippen LogP contribution in [0.2, 0.25) is 10.0 Å². The molecule has 26 heavy (non-hydrogen) atoms. The first kappa shape index (κ1) is 18.8. The summed E-state index contributed by atoms with van der Waals surface area (Å²) in [5.74, 6) is 0. The van der Waals surface area contributed by atoms with Gasteiger partial charge in [0.1, 0.15) is 0 Å². The fourth-order valence-electron chi connectivity index (χ4n) is 3.13. The highest BCUT2D eigenvalue weighted by Crippen LogP contribution is 2.33. The van der Waals surface area contributed by atoms with Gasteiger partial charge in [0.2, 0.25) is 0 Å². The van der Waals surface area contributed by atoms with E-state index >= 15 is 0 Å². The van der Waals surface area contributed by atoms with Crippen molar-refractivity contribution in [2.75, 3.05) is 36.4 Å². The van der Waals surface area contributed by atoms with Gasteiger partial charge in [0.25, 0.3) is 0 Å². The third kappa shape index (κ3) is 3.89. The predicted molar refractivity (Wildman–Crippen MR) is 108 cm³/mol. The Morgan fingerprint density at radius 1 is 0.962 bits per heavy atom. The molecule has 0 spiro atoms. The smallest absolute Gasteiger partial charge is 0.321 e. The molecule has 0 radical (unpaired) electrons. The van der Waals surface area contributed by atoms with E-state index in [0.29, 0.717) is 36.2 Å². The largest absolute Gasteiger partial charge is 0.365 e. The number of aryl methyl sites for hydroxylation is 3. The van der Waals surface area contributed by atoms with Gasteiger partial charge < -0.3 is 15.1 Å². The SMILES string of the molecule is Cc1cc(C)c(NC(=O)N2CCN(c3c(Cl)cncc3Cl)CC2)cc1C. The van der Waals surface area contributed by atoms with E-state index in [2.05, 4.69) is 28.2 Å². The van der Waals surface area contributed by atoms with Gasteiger partial charge in [0.15, 0.2) is 0 Å². The number of amides is 2. The number of urea groups is 1. The molecular weight excluding hydrogens is 371 g/mol. The molecule has 7 heteroatoms. The van der Waals surface area contributed by atoms with Crippen LogP contribution in [-0.4, -0.2) is 42.1 Å². The van der Waals surface area contributed by atoms with Crippen molar-refractivity contribution >= 4 is 40.6 Å². The first-order chi connectivity index (χ1) is 12.4. The molecule has 0 saturated carbocycles. The van der Waals surface area contributed by atoms with Crippen LogP contribution in [0.25, 0.3) is 0 Å². The summed E-state index contributed by atoms with van der Waals surface area (Å²) in [5.41, 5.74) is 5.10. The van der Waals surface area contributed by atoms with Crippen LogP contribution >= 0.6 is 23.2 Å². The molecule has 1 aromatic carbocycles. The molecule has 3 rings (SSSR count). The maximum absolute atomic E-state index is 12.6. The Labute approximate surface area is 163 Å². The lowest BCUT2D eigenvalue weighted by molar-refractivity contribution is 0.208. The zero-order valence-corrected chi connectivity index (χ0v) is 16.7. The first-order valence-corrected chi connectivity index (χ1v) is 9.30. The average molecular weight is 393 g/mol. The quantitative estimate of drug-likeness (QED) is 0.807. The van der Waals surface area contributed by atoms with Gasteiger partial charge in [-0.3, -0.25) is 4.98 Å². The number of hydrogen-bond acceptors (Lipinski definition) is 3. The average Bonchev–Trinajstić information content (AvgIpc) is 2.60. The topological polar surface area (TPSA) is 48.5 Å². The van der Waals surface area contributed by atoms with Crippen LogP contribution in [0, 0.1) is 20.8 Å². The summed E-state index contributed by atoms with van der Waals surface area (Å²) in [6, 6.07) is 4.04. The van der Waals surface area contributed by atoms with Gasteiger partial charge >= 0.3 is 6.03 Å². The minimum Gasteiger partial charge on any atom is -0.365 e. The van der Waals surface area contributed by atoms with Crippen molar-refractivity contribution in [2.45, 2.75) is 20.8 Å². The molecule has 0 aliphatic carbocycles. The zero-order valence-electron chi connectivity index (χ0n) is 15.1. The van der Waals surface area contributed by atoms with Gasteiger partial charge in [-0.2, -0.15) is 0 Å². The summed E-state index contributed by atoms with van der Waals surface area (Å²) in [7, 11) is 0. The number of anilines is 2. The van der Waals surface area contributed by atoms with Crippen molar-refractivity contribution < 1.29 is 4.79 Å². The fraction of sp³-hybridized carbons (Fsp3) is 0.368. The number of carbonyl (C=O) groups is 1. The summed E-state index contributed by atoms with van der Waals surface area (Å²) in [4.78, 5) is 20.5. The molecule has 0 unspecified atom stereocenters. The Kier molecular flexibility index (Phi) is 5.58. The molecule has 2 aromatic rings. The predicted octanol–water partition coefficient (Wildman–Crippen LogP) is 4.67. The normalized spacial score (nSPS) is 14.5. The van der Waals surface area contributed by atoms with E-state index in [1.54, 1.807) is 12.4 Å². The van der Waals surface area contributed by atoms with Crippen LogP contribution in [0.5, 0.6) is 0 Å². The Bertz CT molecular complexity index is 812. The van der Waals surface area contributed by atoms with Crippen LogP contribution < -0.4 is 10.2 Å². The number of benzene rings is 1. The second-order valence-corrected chi connectivity index (χ2v) is 7.42. The molecule has 1 aliphatic rings. The molecule has 5 nitrogen and oxygen atoms in total. The number of piperazine rings is 1. The molecule has 1 aliphatic heterocycles. The molecule has 138 valence electrons. The second kappa shape index (κ2) is 7.72. The number of rotatable bonds is 2. The molecule has 2 amide bonds. The maximum atomic E-state index is 12.6. The molecular formula is C19H22Cl2N4O. The molecule has 2 heterocycles. The molecule has 0 bridgehead atoms. The molecule has 0 atom stereocenters. The fourth-order valence-corrected chi connectivity index (χ4v) is 3.73. The van der Waals surface area contributed by atoms with E-state index in [4.69, 9.17) is 23.2 Å². The van der Waals surface area contributed by atoms with Gasteiger partial charge in [-0.05, 0) is 43.5 Å². The Morgan fingerprint density at radius 3 is 2.15 bits per heavy atom. The van der Waals surface area contributed by atoms with E-state index < -0.39 is 0 Å². The van der Waals surface area contributed by atoms with Crippen molar-refractivity contribution in [3.63, 3.8) is 0 Å². The highest BCUT2D eigenvalue weighted by Gasteiger charge is 2.24. The molecule has 1 N–H and O–H groups in total. The van der Waals surface area contributed by atoms with Gasteiger partial charge in [-0.25, -0.2) is 4.79 Å². The number of halogens is 2. The van der Waals surface area contributed by atoms with Gasteiger partial charge in [0, 0.05) is 44.3 Å². The van der Waals surface area contributed by atoms with Crippen molar-refractivity contribution in [3.8, 4) is 0 Å². The highest BCUT2D eigenvalue weighted by molar-refractivity contribution is 6.38. The second-order valence-electron chi connectivity index (χ2n) is 6.61. The van der Waals surface area contributed by atoms with Crippen LogP contribution in [0.4, 0.5) is 16.2 Å². The summed E-state index contributed by atoms with van der Waals surface area (Å²) >= 11 is 12.5. The first-order valence-electron chi connectivity index (χ1n) is 8.54. The number of nitrogens with one attached hydrogen (secondary N) is 1. The van der Waals surface area contributed by atoms with Crippen molar-refractivity contribution in [1.29, 1.82) is 0 Å². The van der Waals surface area contributed by atoms with Gasteiger partial charge in [-0.15, -0.1) is 0 Å². The highest BCUT2D eigenvalue weighted by atomic mass is 35.5. The van der Waals surface area contributed by atoms with Crippen molar-refractivity contribution in [1.82, 2.24) is 9.88 Å². The Hall–Kier alpha value is -1.98. The number of nitrogens with zero attached hydrogens (tertiary/aromatic N) is 3. The van der Waals surface area contributed by atoms with Crippen LogP contribution in [0.3, 0.4) is 0 Å². The summed E-state index contributed by atoms with van der Waals surface area (Å²) in [5, 5.41) is 4.09. The third-order valence-corrected chi connectivity index (χ3v) is 5.35. The summed E-state index contributed by atoms with van der Waals surface area (Å²) < 4.78 is 0. The maximum Gasteiger partial charge on any atom is 0.321 e. The van der Waals surface area contributed by atoms with Crippen LogP contribution in [0.1, 0.15) is 16.7 Å². The van der Waals surface area contributed by atoms with E-state index in [1.807, 2.05) is 24.8 Å². The lowest BCUT2D eigenvalue weighted by atomic mass is 10.1. The zero-order chi connectivity index (χ0) is 18.8. The summed E-state index contributed by atoms with van der Waals surface area (Å²) in [6.45, 7) is 8.67. The third-order valence-electron chi connectivity index (χ3n) is 4.79. The van der Waals surface area contributed by atoms with Crippen molar-refractivity contribution in [2.24, 2.45) is 0 Å². The van der Waals surface area contributed by atoms with Crippen LogP contribution in [-0.2, 0) is 0 Å². The summed E-state index contributed by atoms with van der Waals surface area (Å²) in [6.07, 6.45) is 3.18. The standard InChI is InChI=1S/C19H22Cl2N4O/c1-12-8-14(3)17(9-13(12)2)23-19(26)25-6-4-24(5-7-25)18-15(20)10-22-11-16(18)21/h8-11H,4-7H2,1-3H3,(H,23,26). The molecule has 1 fully saturated rings. The van der Waals surface area contributed by atoms with E-state index in [-0.39, 0.29) is 6.03 Å². The Morgan fingerprint density at radius 2 is 1.54 bits per heavy atom. The monoisotopic (exact) mass is 392 g/mol. The van der Waals surface area contributed by atoms with Gasteiger partial charge in [-0.1, -0.05) is 29.3 Å². The lowest BCUT2D eigenvalue weighted by Gasteiger charge is -2.36. The van der Waals surface area contributed by atoms with Crippen LogP contribution in [0.15, 0.2) is 24.5 Å². The molecule has 1 saturated heterocycles. The van der Waals surface area contributed by atoms with Gasteiger partial charge in [0.05, 0.1) is 15.7 Å². The molecule has 1 aromatic heterocycles. The lowest BCUT2D eigenvalue weighted by Crippen LogP contribution is -2.50. The minimum absolute atomic E-state index is 0.0806. The van der Waals surface area contributed by atoms with E-state index in [9.17, 15) is 4.79 Å². The van der Waals surface area contributed by atoms with Crippen molar-refractivity contribution in [3.05, 3.63) is 51.3 Å². The van der Waals surface area contributed by atoms with E-state index in [1.165, 1.54) is 5.56 Å². The number of pyridine rings is 1. The minimum atomic E-state index is -0.0806. The van der Waals surface area contributed by atoms with E-state index in [0.717, 1.165) is 22.5 Å². The Balaban J connectivity index is 1.65. The number of hydrogen-bond donors (Lipinski definition) is 1. The number of aromatic nitrogens is 1. The number of carbonyl (C=O) groups excluding carboxylic acids is 1.